The molecule has 0 aliphatic carbocycles. The summed E-state index contributed by atoms with van der Waals surface area (Å²) in [5, 5.41) is 0. The lowest BCUT2D eigenvalue weighted by Gasteiger charge is -2.46. The Labute approximate surface area is 180 Å². The molecule has 7 nitrogen and oxygen atoms in total. The smallest absolute Gasteiger partial charge is 0.255 e. The van der Waals surface area contributed by atoms with E-state index in [2.05, 4.69) is 4.57 Å². The molecule has 2 amide bonds. The third kappa shape index (κ3) is 4.89. The van der Waals surface area contributed by atoms with Crippen LogP contribution in [0.5, 0.6) is 0 Å². The van der Waals surface area contributed by atoms with Gasteiger partial charge in [-0.1, -0.05) is 0 Å². The van der Waals surface area contributed by atoms with E-state index in [1.165, 1.54) is 0 Å². The first-order chi connectivity index (χ1) is 14.3. The average Bonchev–Trinajstić information content (AvgIpc) is 3.00. The van der Waals surface area contributed by atoms with Crippen LogP contribution in [-0.4, -0.2) is 79.3 Å². The molecule has 0 saturated carbocycles. The van der Waals surface area contributed by atoms with Gasteiger partial charge >= 0.3 is 0 Å². The van der Waals surface area contributed by atoms with Crippen LogP contribution in [0, 0.1) is 19.8 Å². The van der Waals surface area contributed by atoms with Gasteiger partial charge in [-0.25, -0.2) is 0 Å². The molecule has 3 rings (SSSR count). The highest BCUT2D eigenvalue weighted by Crippen LogP contribution is 2.39. The first-order valence-corrected chi connectivity index (χ1v) is 11.1. The Balaban J connectivity index is 1.61. The summed E-state index contributed by atoms with van der Waals surface area (Å²) < 4.78 is 13.6. The Morgan fingerprint density at radius 2 is 1.97 bits per heavy atom. The molecule has 0 aromatic carbocycles. The summed E-state index contributed by atoms with van der Waals surface area (Å²) in [6.07, 6.45) is 4.13. The van der Waals surface area contributed by atoms with Crippen molar-refractivity contribution in [2.45, 2.75) is 58.1 Å². The maximum atomic E-state index is 13.2. The van der Waals surface area contributed by atoms with Crippen LogP contribution in [0.3, 0.4) is 0 Å². The van der Waals surface area contributed by atoms with Crippen molar-refractivity contribution in [3.8, 4) is 0 Å². The highest BCUT2D eigenvalue weighted by Gasteiger charge is 2.42. The van der Waals surface area contributed by atoms with Crippen LogP contribution in [-0.2, 0) is 20.8 Å². The number of carbonyl (C=O) groups is 2. The van der Waals surface area contributed by atoms with Crippen LogP contribution in [0.15, 0.2) is 6.07 Å². The molecule has 0 bridgehead atoms. The Morgan fingerprint density at radius 3 is 2.60 bits per heavy atom. The minimum Gasteiger partial charge on any atom is -0.383 e. The maximum Gasteiger partial charge on any atom is 0.255 e. The van der Waals surface area contributed by atoms with Gasteiger partial charge in [0.1, 0.15) is 0 Å². The van der Waals surface area contributed by atoms with Gasteiger partial charge in [0.05, 0.1) is 17.8 Å². The van der Waals surface area contributed by atoms with Gasteiger partial charge in [0.2, 0.25) is 5.91 Å². The number of methoxy groups -OCH3 is 1. The van der Waals surface area contributed by atoms with E-state index in [1.807, 2.05) is 38.9 Å². The van der Waals surface area contributed by atoms with Crippen molar-refractivity contribution >= 4 is 11.8 Å². The zero-order valence-corrected chi connectivity index (χ0v) is 19.2. The minimum absolute atomic E-state index is 0.108. The van der Waals surface area contributed by atoms with Crippen molar-refractivity contribution in [1.29, 1.82) is 0 Å². The standard InChI is InChI=1S/C23H37N3O4/c1-17-14-20(18(2)26(17)11-13-29-5)22(28)25-9-7-23(8-10-25)16-19(6-12-30-23)15-21(27)24(3)4/h14,19H,6-13,15-16H2,1-5H3. The lowest BCUT2D eigenvalue weighted by Crippen LogP contribution is -2.51. The van der Waals surface area contributed by atoms with Gasteiger partial charge in [0, 0.05) is 65.3 Å². The van der Waals surface area contributed by atoms with Crippen LogP contribution >= 0.6 is 0 Å². The van der Waals surface area contributed by atoms with E-state index < -0.39 is 0 Å². The third-order valence-corrected chi connectivity index (χ3v) is 6.84. The number of likely N-dealkylation sites (tertiary alicyclic amines) is 1. The summed E-state index contributed by atoms with van der Waals surface area (Å²) in [5.41, 5.74) is 2.71. The van der Waals surface area contributed by atoms with E-state index in [4.69, 9.17) is 9.47 Å². The normalized spacial score (nSPS) is 21.1. The molecule has 1 atom stereocenters. The van der Waals surface area contributed by atoms with Crippen LogP contribution in [0.25, 0.3) is 0 Å². The molecule has 30 heavy (non-hydrogen) atoms. The fourth-order valence-electron chi connectivity index (χ4n) is 4.91. The van der Waals surface area contributed by atoms with Gasteiger partial charge in [-0.05, 0) is 51.5 Å². The first-order valence-electron chi connectivity index (χ1n) is 11.1. The zero-order valence-electron chi connectivity index (χ0n) is 19.2. The number of hydrogen-bond donors (Lipinski definition) is 0. The van der Waals surface area contributed by atoms with Gasteiger partial charge in [0.15, 0.2) is 0 Å². The van der Waals surface area contributed by atoms with E-state index in [1.54, 1.807) is 12.0 Å². The first kappa shape index (κ1) is 22.8. The molecule has 2 aliphatic rings. The van der Waals surface area contributed by atoms with E-state index in [0.717, 1.165) is 49.2 Å². The molecule has 2 saturated heterocycles. The number of amides is 2. The van der Waals surface area contributed by atoms with E-state index in [-0.39, 0.29) is 17.4 Å². The van der Waals surface area contributed by atoms with Gasteiger partial charge in [-0.2, -0.15) is 0 Å². The maximum absolute atomic E-state index is 13.2. The summed E-state index contributed by atoms with van der Waals surface area (Å²) in [6, 6.07) is 2.00. The average molecular weight is 420 g/mol. The third-order valence-electron chi connectivity index (χ3n) is 6.84. The molecule has 1 aromatic heterocycles. The fourth-order valence-corrected chi connectivity index (χ4v) is 4.91. The molecular formula is C23H37N3O4. The predicted molar refractivity (Wildman–Crippen MR) is 116 cm³/mol. The highest BCUT2D eigenvalue weighted by molar-refractivity contribution is 5.95. The Bertz CT molecular complexity index is 763. The quantitative estimate of drug-likeness (QED) is 0.711. The van der Waals surface area contributed by atoms with Crippen molar-refractivity contribution in [1.82, 2.24) is 14.4 Å². The van der Waals surface area contributed by atoms with E-state index in [0.29, 0.717) is 38.6 Å². The number of carbonyl (C=O) groups excluding carboxylic acids is 2. The van der Waals surface area contributed by atoms with Crippen LogP contribution < -0.4 is 0 Å². The van der Waals surface area contributed by atoms with Crippen LogP contribution in [0.4, 0.5) is 0 Å². The van der Waals surface area contributed by atoms with Gasteiger partial charge in [-0.15, -0.1) is 0 Å². The summed E-state index contributed by atoms with van der Waals surface area (Å²) in [6.45, 7) is 7.55. The van der Waals surface area contributed by atoms with Gasteiger partial charge in [-0.3, -0.25) is 9.59 Å². The van der Waals surface area contributed by atoms with Crippen molar-refractivity contribution in [2.24, 2.45) is 5.92 Å². The molecule has 0 N–H and O–H groups in total. The molecule has 2 aliphatic heterocycles. The lowest BCUT2D eigenvalue weighted by atomic mass is 9.78. The minimum atomic E-state index is -0.179. The summed E-state index contributed by atoms with van der Waals surface area (Å²) in [4.78, 5) is 29.0. The Hall–Kier alpha value is -1.86. The summed E-state index contributed by atoms with van der Waals surface area (Å²) in [7, 11) is 5.32. The fraction of sp³-hybridized carbons (Fsp3) is 0.739. The second kappa shape index (κ2) is 9.52. The van der Waals surface area contributed by atoms with Crippen molar-refractivity contribution in [3.63, 3.8) is 0 Å². The molecule has 0 radical (unpaired) electrons. The van der Waals surface area contributed by atoms with Crippen molar-refractivity contribution in [2.75, 3.05) is 47.5 Å². The monoisotopic (exact) mass is 419 g/mol. The van der Waals surface area contributed by atoms with Gasteiger partial charge < -0.3 is 23.8 Å². The highest BCUT2D eigenvalue weighted by atomic mass is 16.5. The number of piperidine rings is 1. The second-order valence-corrected chi connectivity index (χ2v) is 9.10. The lowest BCUT2D eigenvalue weighted by molar-refractivity contribution is -0.139. The van der Waals surface area contributed by atoms with Crippen molar-refractivity contribution < 1.29 is 19.1 Å². The predicted octanol–water partition coefficient (Wildman–Crippen LogP) is 2.63. The number of hydrogen-bond acceptors (Lipinski definition) is 4. The van der Waals surface area contributed by atoms with E-state index >= 15 is 0 Å². The van der Waals surface area contributed by atoms with Crippen molar-refractivity contribution in [3.05, 3.63) is 23.0 Å². The van der Waals surface area contributed by atoms with Crippen LogP contribution in [0.1, 0.15) is 53.8 Å². The molecule has 1 spiro atoms. The zero-order chi connectivity index (χ0) is 21.9. The molecule has 7 heteroatoms. The Kier molecular flexibility index (Phi) is 7.24. The largest absolute Gasteiger partial charge is 0.383 e. The molecule has 1 unspecified atom stereocenters. The molecular weight excluding hydrogens is 382 g/mol. The number of aromatic nitrogens is 1. The second-order valence-electron chi connectivity index (χ2n) is 9.10. The molecule has 1 aromatic rings. The topological polar surface area (TPSA) is 64.0 Å². The molecule has 3 heterocycles. The molecule has 168 valence electrons. The number of ether oxygens (including phenoxy) is 2. The molecule has 2 fully saturated rings. The van der Waals surface area contributed by atoms with Gasteiger partial charge in [0.25, 0.3) is 5.91 Å². The number of aryl methyl sites for hydroxylation is 1. The van der Waals surface area contributed by atoms with Crippen LogP contribution in [0.2, 0.25) is 0 Å². The van der Waals surface area contributed by atoms with E-state index in [9.17, 15) is 9.59 Å². The Morgan fingerprint density at radius 1 is 1.27 bits per heavy atom. The number of nitrogens with zero attached hydrogens (tertiary/aromatic N) is 3. The summed E-state index contributed by atoms with van der Waals surface area (Å²) >= 11 is 0. The number of rotatable bonds is 6. The SMILES string of the molecule is COCCn1c(C)cc(C(=O)N2CCC3(CC2)CC(CC(=O)N(C)C)CCO3)c1C. The summed E-state index contributed by atoms with van der Waals surface area (Å²) in [5.74, 6) is 0.667.